The van der Waals surface area contributed by atoms with Crippen LogP contribution in [0.3, 0.4) is 0 Å². The molecule has 0 amide bonds. The minimum absolute atomic E-state index is 0.735. The maximum atomic E-state index is 2.42. The Balaban J connectivity index is 0.941. The highest BCUT2D eigenvalue weighted by atomic mass is 15.2. The van der Waals surface area contributed by atoms with Crippen LogP contribution in [0.25, 0.3) is 32.3 Å². The van der Waals surface area contributed by atoms with Gasteiger partial charge >= 0.3 is 0 Å². The van der Waals surface area contributed by atoms with E-state index in [9.17, 15) is 0 Å². The Bertz CT molecular complexity index is 3370. The number of anilines is 9. The lowest BCUT2D eigenvalue weighted by Crippen LogP contribution is -2.18. The van der Waals surface area contributed by atoms with Crippen molar-refractivity contribution in [3.63, 3.8) is 0 Å². The monoisotopic (exact) mass is 938 g/mol. The molecule has 73 heavy (non-hydrogen) atoms. The maximum absolute atomic E-state index is 2.42. The molecule has 0 aliphatic carbocycles. The van der Waals surface area contributed by atoms with Crippen LogP contribution in [0.1, 0.15) is 16.7 Å². The van der Waals surface area contributed by atoms with Crippen molar-refractivity contribution in [3.8, 4) is 0 Å². The summed E-state index contributed by atoms with van der Waals surface area (Å²) < 4.78 is 0. The van der Waals surface area contributed by atoms with Crippen LogP contribution in [0.15, 0.2) is 291 Å². The SMILES string of the molecule is c1ccc(CN(c2ccc(N(c3ccc(N(Cc4ccccc4)c4ccc5ccccc5c4)cc3)c3ccc(N(Cc4ccccc4)c4ccc5ccccc5c4)cc3)cc2)c2ccc3ccccc3c2)cc1. The highest BCUT2D eigenvalue weighted by Gasteiger charge is 2.19. The standard InChI is InChI=1S/C69H54N4/c1-4-16-52(17-5-1)49-70(67-31-28-55-22-10-13-25-58(55)46-67)61-34-40-64(41-35-61)73(65-42-36-62(37-43-65)71(50-53-18-6-2-7-19-53)68-32-29-56-23-11-14-26-59(56)47-68)66-44-38-63(39-45-66)72(51-54-20-8-3-9-21-54)69-33-30-57-24-12-15-27-60(57)48-69/h1-48H,49-51H2. The van der Waals surface area contributed by atoms with Crippen LogP contribution in [-0.4, -0.2) is 0 Å². The Kier molecular flexibility index (Phi) is 12.6. The summed E-state index contributed by atoms with van der Waals surface area (Å²) in [5.74, 6) is 0. The minimum Gasteiger partial charge on any atom is -0.337 e. The molecule has 0 aromatic heterocycles. The van der Waals surface area contributed by atoms with Gasteiger partial charge in [-0.2, -0.15) is 0 Å². The Labute approximate surface area is 428 Å². The summed E-state index contributed by atoms with van der Waals surface area (Å²) in [6.45, 7) is 2.20. The molecule has 0 spiro atoms. The summed E-state index contributed by atoms with van der Waals surface area (Å²) in [6, 6.07) is 106. The lowest BCUT2D eigenvalue weighted by Gasteiger charge is -2.30. The van der Waals surface area contributed by atoms with Gasteiger partial charge < -0.3 is 19.6 Å². The molecule has 0 unspecified atom stereocenters. The van der Waals surface area contributed by atoms with E-state index in [1.54, 1.807) is 0 Å². The molecule has 12 aromatic carbocycles. The van der Waals surface area contributed by atoms with E-state index in [4.69, 9.17) is 0 Å². The van der Waals surface area contributed by atoms with Crippen LogP contribution >= 0.6 is 0 Å². The van der Waals surface area contributed by atoms with E-state index in [-0.39, 0.29) is 0 Å². The number of nitrogens with zero attached hydrogens (tertiary/aromatic N) is 4. The third-order valence-electron chi connectivity index (χ3n) is 13.9. The van der Waals surface area contributed by atoms with Gasteiger partial charge in [0.25, 0.3) is 0 Å². The molecule has 4 nitrogen and oxygen atoms in total. The van der Waals surface area contributed by atoms with E-state index >= 15 is 0 Å². The molecular weight excluding hydrogens is 885 g/mol. The lowest BCUT2D eigenvalue weighted by atomic mass is 10.1. The lowest BCUT2D eigenvalue weighted by molar-refractivity contribution is 0.975. The summed E-state index contributed by atoms with van der Waals surface area (Å²) in [5, 5.41) is 7.36. The van der Waals surface area contributed by atoms with E-state index in [1.807, 2.05) is 0 Å². The first-order valence-corrected chi connectivity index (χ1v) is 25.2. The van der Waals surface area contributed by atoms with Crippen molar-refractivity contribution >= 4 is 83.5 Å². The van der Waals surface area contributed by atoms with Gasteiger partial charge in [0.15, 0.2) is 0 Å². The number of benzene rings is 12. The van der Waals surface area contributed by atoms with Crippen molar-refractivity contribution in [2.24, 2.45) is 0 Å². The van der Waals surface area contributed by atoms with Crippen molar-refractivity contribution in [1.82, 2.24) is 0 Å². The Morgan fingerprint density at radius 3 is 0.671 bits per heavy atom. The van der Waals surface area contributed by atoms with E-state index in [0.717, 1.165) is 70.8 Å². The molecule has 0 bridgehead atoms. The quantitative estimate of drug-likeness (QED) is 0.102. The van der Waals surface area contributed by atoms with Crippen molar-refractivity contribution in [2.45, 2.75) is 19.6 Å². The number of rotatable bonds is 15. The molecular formula is C69H54N4. The molecule has 0 N–H and O–H groups in total. The largest absolute Gasteiger partial charge is 0.337 e. The maximum Gasteiger partial charge on any atom is 0.0481 e. The molecule has 0 saturated heterocycles. The van der Waals surface area contributed by atoms with Crippen molar-refractivity contribution < 1.29 is 0 Å². The second-order valence-electron chi connectivity index (χ2n) is 18.7. The molecule has 0 aliphatic rings. The Hall–Kier alpha value is -9.38. The van der Waals surface area contributed by atoms with Crippen LogP contribution in [-0.2, 0) is 19.6 Å². The van der Waals surface area contributed by atoms with Gasteiger partial charge in [-0.15, -0.1) is 0 Å². The third-order valence-corrected chi connectivity index (χ3v) is 13.9. The third kappa shape index (κ3) is 9.88. The van der Waals surface area contributed by atoms with E-state index in [0.29, 0.717) is 0 Å². The van der Waals surface area contributed by atoms with Gasteiger partial charge in [-0.3, -0.25) is 0 Å². The van der Waals surface area contributed by atoms with Gasteiger partial charge in [0.05, 0.1) is 0 Å². The smallest absolute Gasteiger partial charge is 0.0481 e. The first-order valence-electron chi connectivity index (χ1n) is 25.2. The van der Waals surface area contributed by atoms with Crippen LogP contribution < -0.4 is 19.6 Å². The van der Waals surface area contributed by atoms with Crippen molar-refractivity contribution in [3.05, 3.63) is 308 Å². The zero-order chi connectivity index (χ0) is 48.8. The molecule has 12 rings (SSSR count). The molecule has 0 fully saturated rings. The average Bonchev–Trinajstić information content (AvgIpc) is 3.46. The van der Waals surface area contributed by atoms with Crippen molar-refractivity contribution in [2.75, 3.05) is 19.6 Å². The second-order valence-corrected chi connectivity index (χ2v) is 18.7. The highest BCUT2D eigenvalue weighted by molar-refractivity contribution is 5.90. The Morgan fingerprint density at radius 2 is 0.397 bits per heavy atom. The molecule has 0 radical (unpaired) electrons. The van der Waals surface area contributed by atoms with E-state index in [1.165, 1.54) is 49.0 Å². The van der Waals surface area contributed by atoms with Gasteiger partial charge in [0.2, 0.25) is 0 Å². The summed E-state index contributed by atoms with van der Waals surface area (Å²) in [6.07, 6.45) is 0. The average molecular weight is 939 g/mol. The summed E-state index contributed by atoms with van der Waals surface area (Å²) in [5.41, 5.74) is 13.7. The zero-order valence-corrected chi connectivity index (χ0v) is 40.6. The number of hydrogen-bond acceptors (Lipinski definition) is 4. The zero-order valence-electron chi connectivity index (χ0n) is 40.6. The predicted octanol–water partition coefficient (Wildman–Crippen LogP) is 18.6. The molecule has 4 heteroatoms. The molecule has 12 aromatic rings. The fourth-order valence-corrected chi connectivity index (χ4v) is 10.1. The fraction of sp³-hybridized carbons (Fsp3) is 0.0435. The predicted molar refractivity (Wildman–Crippen MR) is 310 cm³/mol. The normalized spacial score (nSPS) is 11.2. The molecule has 0 aliphatic heterocycles. The van der Waals surface area contributed by atoms with Crippen LogP contribution in [0.4, 0.5) is 51.2 Å². The second kappa shape index (κ2) is 20.5. The van der Waals surface area contributed by atoms with Gasteiger partial charge in [-0.1, -0.05) is 182 Å². The van der Waals surface area contributed by atoms with Crippen molar-refractivity contribution in [1.29, 1.82) is 0 Å². The number of fused-ring (bicyclic) bond motifs is 3. The van der Waals surface area contributed by atoms with Crippen LogP contribution in [0, 0.1) is 0 Å². The molecule has 0 saturated carbocycles. The summed E-state index contributed by atoms with van der Waals surface area (Å²) >= 11 is 0. The van der Waals surface area contributed by atoms with Gasteiger partial charge in [-0.25, -0.2) is 0 Å². The first-order chi connectivity index (χ1) is 36.1. The van der Waals surface area contributed by atoms with Crippen LogP contribution in [0.2, 0.25) is 0 Å². The first kappa shape index (κ1) is 44.8. The molecule has 0 atom stereocenters. The molecule has 350 valence electrons. The highest BCUT2D eigenvalue weighted by Crippen LogP contribution is 2.41. The van der Waals surface area contributed by atoms with Gasteiger partial charge in [-0.05, 0) is 158 Å². The topological polar surface area (TPSA) is 13.0 Å². The fourth-order valence-electron chi connectivity index (χ4n) is 10.1. The van der Waals surface area contributed by atoms with E-state index < -0.39 is 0 Å². The van der Waals surface area contributed by atoms with Gasteiger partial charge in [0, 0.05) is 70.8 Å². The van der Waals surface area contributed by atoms with Gasteiger partial charge in [0.1, 0.15) is 0 Å². The number of hydrogen-bond donors (Lipinski definition) is 0. The Morgan fingerprint density at radius 1 is 0.178 bits per heavy atom. The minimum atomic E-state index is 0.735. The van der Waals surface area contributed by atoms with Crippen LogP contribution in [0.5, 0.6) is 0 Å². The van der Waals surface area contributed by atoms with E-state index in [2.05, 4.69) is 311 Å². The summed E-state index contributed by atoms with van der Waals surface area (Å²) in [4.78, 5) is 9.63. The summed E-state index contributed by atoms with van der Waals surface area (Å²) in [7, 11) is 0. The molecule has 0 heterocycles.